The molecule has 0 N–H and O–H groups in total. The molecule has 150 valence electrons. The van der Waals surface area contributed by atoms with Crippen molar-refractivity contribution >= 4 is 16.2 Å². The van der Waals surface area contributed by atoms with E-state index in [0.29, 0.717) is 29.4 Å². The summed E-state index contributed by atoms with van der Waals surface area (Å²) in [4.78, 5) is 0.123. The van der Waals surface area contributed by atoms with E-state index in [2.05, 4.69) is 4.40 Å². The summed E-state index contributed by atoms with van der Waals surface area (Å²) in [5, 5.41) is 0. The number of hydrogen-bond donors (Lipinski definition) is 0. The van der Waals surface area contributed by atoms with Crippen LogP contribution in [0.5, 0.6) is 17.2 Å². The number of nitrogens with zero attached hydrogens (tertiary/aromatic N) is 1. The Morgan fingerprint density at radius 1 is 0.862 bits per heavy atom. The van der Waals surface area contributed by atoms with E-state index in [4.69, 9.17) is 14.2 Å². The van der Waals surface area contributed by atoms with Crippen LogP contribution in [0.4, 0.5) is 0 Å². The molecule has 0 saturated heterocycles. The summed E-state index contributed by atoms with van der Waals surface area (Å²) in [6, 6.07) is 21.0. The van der Waals surface area contributed by atoms with Gasteiger partial charge in [0.2, 0.25) is 5.75 Å². The minimum Gasteiger partial charge on any atom is -0.493 e. The van der Waals surface area contributed by atoms with Crippen molar-refractivity contribution in [3.63, 3.8) is 0 Å². The van der Waals surface area contributed by atoms with E-state index < -0.39 is 10.0 Å². The molecule has 0 spiro atoms. The zero-order valence-corrected chi connectivity index (χ0v) is 16.9. The highest BCUT2D eigenvalue weighted by atomic mass is 32.2. The van der Waals surface area contributed by atoms with Crippen molar-refractivity contribution in [3.05, 3.63) is 83.9 Å². The average molecular weight is 411 g/mol. The largest absolute Gasteiger partial charge is 0.493 e. The lowest BCUT2D eigenvalue weighted by Gasteiger charge is -2.15. The summed E-state index contributed by atoms with van der Waals surface area (Å²) >= 11 is 0. The highest BCUT2D eigenvalue weighted by Crippen LogP contribution is 2.38. The molecule has 0 aromatic heterocycles. The van der Waals surface area contributed by atoms with Crippen LogP contribution >= 0.6 is 0 Å². The van der Waals surface area contributed by atoms with Crippen molar-refractivity contribution < 1.29 is 22.6 Å². The van der Waals surface area contributed by atoms with Gasteiger partial charge in [-0.1, -0.05) is 48.5 Å². The predicted octanol–water partition coefficient (Wildman–Crippen LogP) is 4.09. The van der Waals surface area contributed by atoms with Crippen LogP contribution in [0.2, 0.25) is 0 Å². The first kappa shape index (κ1) is 20.4. The van der Waals surface area contributed by atoms with Gasteiger partial charge < -0.3 is 14.2 Å². The third-order valence-corrected chi connectivity index (χ3v) is 5.34. The molecule has 0 heterocycles. The van der Waals surface area contributed by atoms with Crippen molar-refractivity contribution in [1.82, 2.24) is 0 Å². The summed E-state index contributed by atoms with van der Waals surface area (Å²) in [5.41, 5.74) is 1.50. The first-order chi connectivity index (χ1) is 14.0. The summed E-state index contributed by atoms with van der Waals surface area (Å²) < 4.78 is 45.2. The average Bonchev–Trinajstić information content (AvgIpc) is 2.77. The standard InChI is InChI=1S/C22H21NO5S/c1-26-20-13-18(15-23-29(24,25)19-11-7-4-8-12-19)14-21(27-2)22(20)28-16-17-9-5-3-6-10-17/h3-15H,16H2,1-2H3/b23-15-. The van der Waals surface area contributed by atoms with Crippen LogP contribution in [0.25, 0.3) is 0 Å². The zero-order valence-electron chi connectivity index (χ0n) is 16.1. The topological polar surface area (TPSA) is 74.2 Å². The van der Waals surface area contributed by atoms with Crippen LogP contribution in [0.3, 0.4) is 0 Å². The molecular formula is C22H21NO5S. The lowest BCUT2D eigenvalue weighted by atomic mass is 10.2. The van der Waals surface area contributed by atoms with E-state index in [-0.39, 0.29) is 4.90 Å². The monoisotopic (exact) mass is 411 g/mol. The van der Waals surface area contributed by atoms with Crippen molar-refractivity contribution in [1.29, 1.82) is 0 Å². The van der Waals surface area contributed by atoms with E-state index in [1.807, 2.05) is 30.3 Å². The molecule has 0 saturated carbocycles. The first-order valence-electron chi connectivity index (χ1n) is 8.81. The Bertz CT molecular complexity index is 1060. The lowest BCUT2D eigenvalue weighted by Crippen LogP contribution is -2.02. The Morgan fingerprint density at radius 3 is 1.97 bits per heavy atom. The van der Waals surface area contributed by atoms with Gasteiger partial charge in [0.15, 0.2) is 11.5 Å². The molecular weight excluding hydrogens is 390 g/mol. The fourth-order valence-electron chi connectivity index (χ4n) is 2.63. The van der Waals surface area contributed by atoms with Gasteiger partial charge in [0, 0.05) is 11.8 Å². The maximum absolute atomic E-state index is 12.4. The maximum atomic E-state index is 12.4. The Balaban J connectivity index is 1.87. The molecule has 0 amide bonds. The number of hydrogen-bond acceptors (Lipinski definition) is 5. The molecule has 3 aromatic rings. The fourth-order valence-corrected chi connectivity index (χ4v) is 3.51. The number of ether oxygens (including phenoxy) is 3. The highest BCUT2D eigenvalue weighted by molar-refractivity contribution is 7.90. The quantitative estimate of drug-likeness (QED) is 0.522. The van der Waals surface area contributed by atoms with Gasteiger partial charge in [-0.25, -0.2) is 0 Å². The van der Waals surface area contributed by atoms with Gasteiger partial charge in [-0.3, -0.25) is 0 Å². The molecule has 0 aliphatic rings. The lowest BCUT2D eigenvalue weighted by molar-refractivity contribution is 0.266. The van der Waals surface area contributed by atoms with E-state index >= 15 is 0 Å². The van der Waals surface area contributed by atoms with Gasteiger partial charge in [-0.2, -0.15) is 12.8 Å². The summed E-state index contributed by atoms with van der Waals surface area (Å²) in [7, 11) is -0.786. The predicted molar refractivity (Wildman–Crippen MR) is 112 cm³/mol. The second-order valence-electron chi connectivity index (χ2n) is 6.05. The third-order valence-electron chi connectivity index (χ3n) is 4.09. The number of sulfonamides is 1. The molecule has 3 aromatic carbocycles. The minimum absolute atomic E-state index is 0.123. The van der Waals surface area contributed by atoms with Gasteiger partial charge in [-0.05, 0) is 29.8 Å². The van der Waals surface area contributed by atoms with Gasteiger partial charge in [0.1, 0.15) is 6.61 Å². The van der Waals surface area contributed by atoms with Crippen LogP contribution in [0.1, 0.15) is 11.1 Å². The van der Waals surface area contributed by atoms with E-state index in [1.54, 1.807) is 30.3 Å². The van der Waals surface area contributed by atoms with Crippen LogP contribution < -0.4 is 14.2 Å². The molecule has 0 unspecified atom stereocenters. The van der Waals surface area contributed by atoms with Crippen LogP contribution in [-0.2, 0) is 16.6 Å². The molecule has 0 aliphatic heterocycles. The number of benzene rings is 3. The van der Waals surface area contributed by atoms with Gasteiger partial charge in [0.25, 0.3) is 10.0 Å². The molecule has 0 bridgehead atoms. The first-order valence-corrected chi connectivity index (χ1v) is 10.3. The van der Waals surface area contributed by atoms with Crippen LogP contribution in [-0.4, -0.2) is 28.9 Å². The zero-order chi connectivity index (χ0) is 20.7. The van der Waals surface area contributed by atoms with Gasteiger partial charge in [-0.15, -0.1) is 0 Å². The number of methoxy groups -OCH3 is 2. The van der Waals surface area contributed by atoms with E-state index in [0.717, 1.165) is 5.56 Å². The summed E-state index contributed by atoms with van der Waals surface area (Å²) in [6.07, 6.45) is 1.26. The molecule has 0 fully saturated rings. The Labute approximate surface area is 170 Å². The third kappa shape index (κ3) is 5.14. The molecule has 0 atom stereocenters. The van der Waals surface area contributed by atoms with Gasteiger partial charge in [0.05, 0.1) is 19.1 Å². The van der Waals surface area contributed by atoms with Crippen molar-refractivity contribution in [2.24, 2.45) is 4.40 Å². The summed E-state index contributed by atoms with van der Waals surface area (Å²) in [5.74, 6) is 1.26. The molecule has 3 rings (SSSR count). The van der Waals surface area contributed by atoms with E-state index in [9.17, 15) is 8.42 Å². The van der Waals surface area contributed by atoms with E-state index in [1.165, 1.54) is 32.6 Å². The molecule has 0 aliphatic carbocycles. The second kappa shape index (κ2) is 9.25. The Kier molecular flexibility index (Phi) is 6.51. The van der Waals surface area contributed by atoms with Gasteiger partial charge >= 0.3 is 0 Å². The normalized spacial score (nSPS) is 11.4. The Hall–Kier alpha value is -3.32. The minimum atomic E-state index is -3.80. The molecule has 0 radical (unpaired) electrons. The Morgan fingerprint density at radius 2 is 1.41 bits per heavy atom. The second-order valence-corrected chi connectivity index (χ2v) is 7.68. The molecule has 7 heteroatoms. The van der Waals surface area contributed by atoms with Crippen molar-refractivity contribution in [2.75, 3.05) is 14.2 Å². The highest BCUT2D eigenvalue weighted by Gasteiger charge is 2.15. The van der Waals surface area contributed by atoms with Crippen LogP contribution in [0, 0.1) is 0 Å². The molecule has 29 heavy (non-hydrogen) atoms. The van der Waals surface area contributed by atoms with Crippen molar-refractivity contribution in [3.8, 4) is 17.2 Å². The van der Waals surface area contributed by atoms with Crippen LogP contribution in [0.15, 0.2) is 82.1 Å². The maximum Gasteiger partial charge on any atom is 0.282 e. The van der Waals surface area contributed by atoms with Crippen molar-refractivity contribution in [2.45, 2.75) is 11.5 Å². The molecule has 6 nitrogen and oxygen atoms in total. The summed E-state index contributed by atoms with van der Waals surface area (Å²) in [6.45, 7) is 0.337. The smallest absolute Gasteiger partial charge is 0.282 e. The fraction of sp³-hybridized carbons (Fsp3) is 0.136. The number of rotatable bonds is 8. The SMILES string of the molecule is COc1cc(/C=N\S(=O)(=O)c2ccccc2)cc(OC)c1OCc1ccccc1.